The standard InChI is InChI=1S/C17H16N4O3/c1-20(12-14-7-5-13(10-18)6-8-14)17(22)19-11-15-3-2-4-16(9-15)21(23)24/h2-9H,11-12H2,1H3,(H,19,22). The van der Waals surface area contributed by atoms with Crippen LogP contribution in [0.3, 0.4) is 0 Å². The molecule has 0 saturated heterocycles. The Labute approximate surface area is 139 Å². The summed E-state index contributed by atoms with van der Waals surface area (Å²) < 4.78 is 0. The highest BCUT2D eigenvalue weighted by Crippen LogP contribution is 2.13. The summed E-state index contributed by atoms with van der Waals surface area (Å²) in [5.41, 5.74) is 2.12. The molecule has 0 spiro atoms. The lowest BCUT2D eigenvalue weighted by molar-refractivity contribution is -0.384. The molecule has 0 aromatic heterocycles. The van der Waals surface area contributed by atoms with E-state index < -0.39 is 4.92 Å². The molecule has 2 amide bonds. The minimum absolute atomic E-state index is 0.00677. The molecule has 2 rings (SSSR count). The summed E-state index contributed by atoms with van der Waals surface area (Å²) in [5, 5.41) is 22.2. The van der Waals surface area contributed by atoms with Crippen molar-refractivity contribution in [2.75, 3.05) is 7.05 Å². The molecule has 0 aliphatic heterocycles. The Morgan fingerprint density at radius 2 is 1.96 bits per heavy atom. The monoisotopic (exact) mass is 324 g/mol. The molecule has 7 heteroatoms. The molecule has 2 aromatic rings. The summed E-state index contributed by atoms with van der Waals surface area (Å²) in [6, 6.07) is 14.9. The van der Waals surface area contributed by atoms with Crippen molar-refractivity contribution in [3.63, 3.8) is 0 Å². The summed E-state index contributed by atoms with van der Waals surface area (Å²) in [5.74, 6) is 0. The molecule has 2 aromatic carbocycles. The number of nitro benzene ring substituents is 1. The number of nitro groups is 1. The Morgan fingerprint density at radius 3 is 2.58 bits per heavy atom. The van der Waals surface area contributed by atoms with Crippen molar-refractivity contribution in [1.82, 2.24) is 10.2 Å². The lowest BCUT2D eigenvalue weighted by atomic mass is 10.1. The van der Waals surface area contributed by atoms with E-state index >= 15 is 0 Å². The van der Waals surface area contributed by atoms with Gasteiger partial charge in [0.1, 0.15) is 0 Å². The zero-order valence-electron chi connectivity index (χ0n) is 13.1. The molecule has 24 heavy (non-hydrogen) atoms. The zero-order chi connectivity index (χ0) is 17.5. The number of amides is 2. The highest BCUT2D eigenvalue weighted by Gasteiger charge is 2.10. The molecule has 0 heterocycles. The summed E-state index contributed by atoms with van der Waals surface area (Å²) in [4.78, 5) is 23.9. The van der Waals surface area contributed by atoms with Crippen LogP contribution in [0.25, 0.3) is 0 Å². The van der Waals surface area contributed by atoms with Gasteiger partial charge in [0.2, 0.25) is 0 Å². The smallest absolute Gasteiger partial charge is 0.317 e. The van der Waals surface area contributed by atoms with E-state index in [9.17, 15) is 14.9 Å². The van der Waals surface area contributed by atoms with E-state index in [1.165, 1.54) is 17.0 Å². The number of hydrogen-bond donors (Lipinski definition) is 1. The minimum atomic E-state index is -0.470. The van der Waals surface area contributed by atoms with Crippen molar-refractivity contribution in [1.29, 1.82) is 5.26 Å². The average molecular weight is 324 g/mol. The number of carbonyl (C=O) groups excluding carboxylic acids is 1. The molecule has 0 aliphatic carbocycles. The van der Waals surface area contributed by atoms with E-state index in [2.05, 4.69) is 5.32 Å². The van der Waals surface area contributed by atoms with Crippen LogP contribution < -0.4 is 5.32 Å². The highest BCUT2D eigenvalue weighted by molar-refractivity contribution is 5.73. The zero-order valence-corrected chi connectivity index (χ0v) is 13.1. The Kier molecular flexibility index (Phi) is 5.47. The first kappa shape index (κ1) is 17.0. The van der Waals surface area contributed by atoms with Crippen LogP contribution in [0.15, 0.2) is 48.5 Å². The maximum Gasteiger partial charge on any atom is 0.317 e. The maximum atomic E-state index is 12.1. The van der Waals surface area contributed by atoms with Gasteiger partial charge in [-0.25, -0.2) is 4.79 Å². The van der Waals surface area contributed by atoms with Gasteiger partial charge in [-0.15, -0.1) is 0 Å². The van der Waals surface area contributed by atoms with Gasteiger partial charge in [0, 0.05) is 32.3 Å². The van der Waals surface area contributed by atoms with Gasteiger partial charge in [0.15, 0.2) is 0 Å². The predicted octanol–water partition coefficient (Wildman–Crippen LogP) is 2.81. The second-order valence-corrected chi connectivity index (χ2v) is 5.25. The number of nitriles is 1. The first-order valence-corrected chi connectivity index (χ1v) is 7.21. The third-order valence-electron chi connectivity index (χ3n) is 3.41. The highest BCUT2D eigenvalue weighted by atomic mass is 16.6. The van der Waals surface area contributed by atoms with E-state index in [0.29, 0.717) is 17.7 Å². The third kappa shape index (κ3) is 4.55. The molecular formula is C17H16N4O3. The first-order chi connectivity index (χ1) is 11.5. The number of urea groups is 1. The quantitative estimate of drug-likeness (QED) is 0.675. The van der Waals surface area contributed by atoms with Crippen molar-refractivity contribution in [2.45, 2.75) is 13.1 Å². The molecule has 0 aliphatic rings. The normalized spacial score (nSPS) is 9.83. The Balaban J connectivity index is 1.90. The fourth-order valence-electron chi connectivity index (χ4n) is 2.12. The van der Waals surface area contributed by atoms with E-state index in [1.807, 2.05) is 6.07 Å². The van der Waals surface area contributed by atoms with E-state index in [4.69, 9.17) is 5.26 Å². The molecule has 0 unspecified atom stereocenters. The lowest BCUT2D eigenvalue weighted by Crippen LogP contribution is -2.36. The van der Waals surface area contributed by atoms with Crippen molar-refractivity contribution in [3.05, 3.63) is 75.3 Å². The number of hydrogen-bond acceptors (Lipinski definition) is 4. The van der Waals surface area contributed by atoms with E-state index in [-0.39, 0.29) is 18.3 Å². The molecular weight excluding hydrogens is 308 g/mol. The average Bonchev–Trinajstić information content (AvgIpc) is 2.60. The van der Waals surface area contributed by atoms with Crippen LogP contribution in [-0.4, -0.2) is 22.9 Å². The van der Waals surface area contributed by atoms with Gasteiger partial charge in [-0.2, -0.15) is 5.26 Å². The molecule has 7 nitrogen and oxygen atoms in total. The number of nitrogens with zero attached hydrogens (tertiary/aromatic N) is 3. The Morgan fingerprint density at radius 1 is 1.25 bits per heavy atom. The van der Waals surface area contributed by atoms with Crippen LogP contribution in [0.2, 0.25) is 0 Å². The Hall–Kier alpha value is -3.40. The fourth-order valence-corrected chi connectivity index (χ4v) is 2.12. The second kappa shape index (κ2) is 7.74. The van der Waals surface area contributed by atoms with Gasteiger partial charge >= 0.3 is 6.03 Å². The summed E-state index contributed by atoms with van der Waals surface area (Å²) in [7, 11) is 1.65. The van der Waals surface area contributed by atoms with Gasteiger partial charge < -0.3 is 10.2 Å². The SMILES string of the molecule is CN(Cc1ccc(C#N)cc1)C(=O)NCc1cccc([N+](=O)[O-])c1. The topological polar surface area (TPSA) is 99.3 Å². The van der Waals surface area contributed by atoms with Crippen LogP contribution in [0.1, 0.15) is 16.7 Å². The largest absolute Gasteiger partial charge is 0.334 e. The molecule has 1 N–H and O–H groups in total. The lowest BCUT2D eigenvalue weighted by Gasteiger charge is -2.18. The van der Waals surface area contributed by atoms with Gasteiger partial charge in [-0.1, -0.05) is 24.3 Å². The predicted molar refractivity (Wildman–Crippen MR) is 88.0 cm³/mol. The van der Waals surface area contributed by atoms with Gasteiger partial charge in [0.05, 0.1) is 16.6 Å². The van der Waals surface area contributed by atoms with Crippen LogP contribution in [-0.2, 0) is 13.1 Å². The number of benzene rings is 2. The van der Waals surface area contributed by atoms with Crippen molar-refractivity contribution >= 4 is 11.7 Å². The number of non-ortho nitro benzene ring substituents is 1. The van der Waals surface area contributed by atoms with E-state index in [0.717, 1.165) is 5.56 Å². The molecule has 0 fully saturated rings. The number of carbonyl (C=O) groups is 1. The van der Waals surface area contributed by atoms with Gasteiger partial charge in [-0.05, 0) is 23.3 Å². The third-order valence-corrected chi connectivity index (χ3v) is 3.41. The van der Waals surface area contributed by atoms with Crippen LogP contribution in [0.5, 0.6) is 0 Å². The van der Waals surface area contributed by atoms with Crippen molar-refractivity contribution in [2.24, 2.45) is 0 Å². The van der Waals surface area contributed by atoms with Crippen LogP contribution in [0, 0.1) is 21.4 Å². The molecule has 0 bridgehead atoms. The Bertz CT molecular complexity index is 781. The molecule has 0 saturated carbocycles. The molecule has 122 valence electrons. The van der Waals surface area contributed by atoms with Crippen LogP contribution >= 0.6 is 0 Å². The minimum Gasteiger partial charge on any atom is -0.334 e. The van der Waals surface area contributed by atoms with Crippen molar-refractivity contribution < 1.29 is 9.72 Å². The molecule has 0 atom stereocenters. The summed E-state index contributed by atoms with van der Waals surface area (Å²) >= 11 is 0. The molecule has 0 radical (unpaired) electrons. The maximum absolute atomic E-state index is 12.1. The fraction of sp³-hybridized carbons (Fsp3) is 0.176. The van der Waals surface area contributed by atoms with E-state index in [1.54, 1.807) is 43.4 Å². The number of nitrogens with one attached hydrogen (secondary N) is 1. The van der Waals surface area contributed by atoms with Gasteiger partial charge in [-0.3, -0.25) is 10.1 Å². The second-order valence-electron chi connectivity index (χ2n) is 5.25. The first-order valence-electron chi connectivity index (χ1n) is 7.21. The van der Waals surface area contributed by atoms with Gasteiger partial charge in [0.25, 0.3) is 5.69 Å². The summed E-state index contributed by atoms with van der Waals surface area (Å²) in [6.45, 7) is 0.602. The summed E-state index contributed by atoms with van der Waals surface area (Å²) in [6.07, 6.45) is 0. The number of rotatable bonds is 5. The van der Waals surface area contributed by atoms with Crippen LogP contribution in [0.4, 0.5) is 10.5 Å². The van der Waals surface area contributed by atoms with Crippen molar-refractivity contribution in [3.8, 4) is 6.07 Å².